The van der Waals surface area contributed by atoms with Gasteiger partial charge in [-0.2, -0.15) is 0 Å². The Hall–Kier alpha value is -2.99. The van der Waals surface area contributed by atoms with Crippen LogP contribution in [0.25, 0.3) is 11.3 Å². The highest BCUT2D eigenvalue weighted by Crippen LogP contribution is 2.29. The summed E-state index contributed by atoms with van der Waals surface area (Å²) in [4.78, 5) is 22.8. The van der Waals surface area contributed by atoms with Crippen LogP contribution in [-0.2, 0) is 6.42 Å². The van der Waals surface area contributed by atoms with Gasteiger partial charge in [0.05, 0.1) is 28.3 Å². The van der Waals surface area contributed by atoms with Crippen LogP contribution in [-0.4, -0.2) is 40.9 Å². The Bertz CT molecular complexity index is 1060. The normalized spacial score (nSPS) is 11.2. The number of rotatable bonds is 7. The highest BCUT2D eigenvalue weighted by molar-refractivity contribution is 7.10. The topological polar surface area (TPSA) is 65.8 Å². The van der Waals surface area contributed by atoms with Crippen molar-refractivity contribution in [1.29, 1.82) is 0 Å². The monoisotopic (exact) mass is 407 g/mol. The van der Waals surface area contributed by atoms with Gasteiger partial charge in [-0.1, -0.05) is 24.3 Å². The summed E-state index contributed by atoms with van der Waals surface area (Å²) in [7, 11) is 2.00. The number of hydrogen-bond acceptors (Lipinski definition) is 4. The lowest BCUT2D eigenvalue weighted by molar-refractivity contribution is 0.0697. The van der Waals surface area contributed by atoms with Gasteiger partial charge in [-0.25, -0.2) is 14.8 Å². The van der Waals surface area contributed by atoms with Crippen molar-refractivity contribution in [2.75, 3.05) is 13.6 Å². The Morgan fingerprint density at radius 1 is 1.24 bits per heavy atom. The molecule has 5 nitrogen and oxygen atoms in total. The summed E-state index contributed by atoms with van der Waals surface area (Å²) in [6.07, 6.45) is 2.57. The number of nitrogens with zero attached hydrogens (tertiary/aromatic N) is 3. The first-order valence-electron chi connectivity index (χ1n) is 9.50. The summed E-state index contributed by atoms with van der Waals surface area (Å²) in [6.45, 7) is 7.16. The van der Waals surface area contributed by atoms with Gasteiger partial charge in [0, 0.05) is 31.0 Å². The van der Waals surface area contributed by atoms with E-state index in [-0.39, 0.29) is 5.56 Å². The van der Waals surface area contributed by atoms with Gasteiger partial charge in [-0.05, 0) is 49.6 Å². The van der Waals surface area contributed by atoms with Crippen molar-refractivity contribution in [3.05, 3.63) is 69.0 Å². The summed E-state index contributed by atoms with van der Waals surface area (Å²) in [5.74, 6) is -0.938. The second kappa shape index (κ2) is 9.01. The van der Waals surface area contributed by atoms with Gasteiger partial charge < -0.3 is 10.0 Å². The zero-order valence-electron chi connectivity index (χ0n) is 17.1. The number of aryl methyl sites for hydroxylation is 2. The molecule has 1 aromatic heterocycles. The van der Waals surface area contributed by atoms with Crippen LogP contribution < -0.4 is 0 Å². The van der Waals surface area contributed by atoms with Crippen LogP contribution in [0.15, 0.2) is 46.8 Å². The number of carbonyl (C=O) groups is 1. The zero-order valence-corrected chi connectivity index (χ0v) is 18.0. The second-order valence-electron chi connectivity index (χ2n) is 7.04. The largest absolute Gasteiger partial charge is 0.478 e. The summed E-state index contributed by atoms with van der Waals surface area (Å²) >= 11 is 1.56. The summed E-state index contributed by atoms with van der Waals surface area (Å²) < 4.78 is 0. The van der Waals surface area contributed by atoms with Gasteiger partial charge in [0.15, 0.2) is 0 Å². The van der Waals surface area contributed by atoms with Crippen molar-refractivity contribution in [2.45, 2.75) is 27.2 Å². The molecule has 0 saturated carbocycles. The molecule has 1 N–H and O–H groups in total. The van der Waals surface area contributed by atoms with Gasteiger partial charge in [-0.3, -0.25) is 0 Å². The van der Waals surface area contributed by atoms with Crippen molar-refractivity contribution < 1.29 is 9.90 Å². The predicted molar refractivity (Wildman–Crippen MR) is 120 cm³/mol. The first-order chi connectivity index (χ1) is 13.9. The molecule has 0 unspecified atom stereocenters. The molecule has 0 radical (unpaired) electrons. The van der Waals surface area contributed by atoms with Crippen molar-refractivity contribution in [3.63, 3.8) is 0 Å². The maximum Gasteiger partial charge on any atom is 0.336 e. The molecule has 6 heteroatoms. The van der Waals surface area contributed by atoms with E-state index in [0.29, 0.717) is 17.7 Å². The first-order valence-corrected chi connectivity index (χ1v) is 10.4. The van der Waals surface area contributed by atoms with E-state index < -0.39 is 5.97 Å². The number of hydrogen-bond donors (Lipinski definition) is 1. The summed E-state index contributed by atoms with van der Waals surface area (Å²) in [5.41, 5.74) is 6.11. The fourth-order valence-corrected chi connectivity index (χ4v) is 3.82. The lowest BCUT2D eigenvalue weighted by atomic mass is 10.0. The molecule has 29 heavy (non-hydrogen) atoms. The molecule has 3 rings (SSSR count). The Morgan fingerprint density at radius 2 is 2.00 bits per heavy atom. The van der Waals surface area contributed by atoms with Crippen molar-refractivity contribution in [1.82, 2.24) is 9.88 Å². The maximum atomic E-state index is 11.5. The molecule has 3 aromatic rings. The molecule has 0 aliphatic heterocycles. The minimum atomic E-state index is -0.938. The molecule has 0 aliphatic carbocycles. The highest BCUT2D eigenvalue weighted by atomic mass is 32.1. The minimum absolute atomic E-state index is 0.274. The third-order valence-electron chi connectivity index (χ3n) is 4.87. The number of thiazole rings is 1. The smallest absolute Gasteiger partial charge is 0.336 e. The van der Waals surface area contributed by atoms with Crippen molar-refractivity contribution in [3.8, 4) is 11.3 Å². The third-order valence-corrected chi connectivity index (χ3v) is 5.72. The fraction of sp³-hybridized carbons (Fsp3) is 0.261. The van der Waals surface area contributed by atoms with Crippen LogP contribution in [0, 0.1) is 13.8 Å². The van der Waals surface area contributed by atoms with E-state index in [1.165, 1.54) is 11.1 Å². The molecule has 0 bridgehead atoms. The van der Waals surface area contributed by atoms with Gasteiger partial charge in [0.2, 0.25) is 0 Å². The molecule has 2 aromatic carbocycles. The molecular weight excluding hydrogens is 382 g/mol. The number of aromatic carboxylic acids is 1. The molecule has 150 valence electrons. The van der Waals surface area contributed by atoms with Crippen LogP contribution in [0.4, 0.5) is 5.69 Å². The highest BCUT2D eigenvalue weighted by Gasteiger charge is 2.14. The van der Waals surface area contributed by atoms with Gasteiger partial charge in [0.25, 0.3) is 0 Å². The van der Waals surface area contributed by atoms with Crippen LogP contribution >= 0.6 is 11.3 Å². The molecule has 0 atom stereocenters. The first kappa shape index (κ1) is 20.7. The fourth-order valence-electron chi connectivity index (χ4n) is 3.00. The van der Waals surface area contributed by atoms with E-state index >= 15 is 0 Å². The molecular formula is C23H25N3O2S. The van der Waals surface area contributed by atoms with E-state index in [9.17, 15) is 9.90 Å². The van der Waals surface area contributed by atoms with Crippen LogP contribution in [0.1, 0.15) is 39.0 Å². The van der Waals surface area contributed by atoms with Gasteiger partial charge in [-0.15, -0.1) is 11.3 Å². The Kier molecular flexibility index (Phi) is 6.44. The lowest BCUT2D eigenvalue weighted by Crippen LogP contribution is -2.14. The van der Waals surface area contributed by atoms with Crippen molar-refractivity contribution >= 4 is 29.3 Å². The molecule has 0 spiro atoms. The molecule has 1 heterocycles. The molecule has 0 amide bonds. The molecule has 0 saturated heterocycles. The van der Waals surface area contributed by atoms with Gasteiger partial charge in [0.1, 0.15) is 0 Å². The Morgan fingerprint density at radius 3 is 2.72 bits per heavy atom. The summed E-state index contributed by atoms with van der Waals surface area (Å²) in [6, 6.07) is 11.3. The molecule has 0 aliphatic rings. The Balaban J connectivity index is 1.84. The van der Waals surface area contributed by atoms with E-state index in [0.717, 1.165) is 22.8 Å². The lowest BCUT2D eigenvalue weighted by Gasteiger charge is -2.11. The third kappa shape index (κ3) is 4.90. The SMILES string of the molecule is CCN(C)/C=N/c1cc(C)c(Cc2nc(-c3ccccc3C(=O)O)cs2)cc1C. The number of carboxylic acids is 1. The van der Waals surface area contributed by atoms with Crippen LogP contribution in [0.2, 0.25) is 0 Å². The average Bonchev–Trinajstić information content (AvgIpc) is 3.17. The minimum Gasteiger partial charge on any atom is -0.478 e. The quantitative estimate of drug-likeness (QED) is 0.425. The van der Waals surface area contributed by atoms with E-state index in [4.69, 9.17) is 4.98 Å². The standard InChI is InChI=1S/C23H25N3O2S/c1-5-26(4)14-24-20-11-15(2)17(10-16(20)3)12-22-25-21(13-29-22)18-8-6-7-9-19(18)23(27)28/h6-11,13-14H,5,12H2,1-4H3,(H,27,28)/b24-14+. The van der Waals surface area contributed by atoms with E-state index in [1.807, 2.05) is 29.7 Å². The Labute approximate surface area is 175 Å². The molecule has 0 fully saturated rings. The number of aromatic nitrogens is 1. The van der Waals surface area contributed by atoms with Crippen LogP contribution in [0.5, 0.6) is 0 Å². The van der Waals surface area contributed by atoms with Gasteiger partial charge >= 0.3 is 5.97 Å². The number of aliphatic imine (C=N–C) groups is 1. The second-order valence-corrected chi connectivity index (χ2v) is 7.98. The predicted octanol–water partition coefficient (Wildman–Crippen LogP) is 5.33. The number of carboxylic acid groups (broad SMARTS) is 1. The number of benzene rings is 2. The van der Waals surface area contributed by atoms with E-state index in [2.05, 4.69) is 37.9 Å². The average molecular weight is 408 g/mol. The zero-order chi connectivity index (χ0) is 21.0. The van der Waals surface area contributed by atoms with Crippen LogP contribution in [0.3, 0.4) is 0 Å². The maximum absolute atomic E-state index is 11.5. The van der Waals surface area contributed by atoms with Crippen molar-refractivity contribution in [2.24, 2.45) is 4.99 Å². The summed E-state index contributed by atoms with van der Waals surface area (Å²) in [5, 5.41) is 12.3. The van der Waals surface area contributed by atoms with E-state index in [1.54, 1.807) is 29.5 Å².